The molecule has 9 heteroatoms. The molecule has 1 aromatic carbocycles. The number of nitrogens with one attached hydrogen (secondary N) is 4. The molecule has 0 radical (unpaired) electrons. The predicted octanol–water partition coefficient (Wildman–Crippen LogP) is 3.26. The summed E-state index contributed by atoms with van der Waals surface area (Å²) in [6.45, 7) is 2.94. The van der Waals surface area contributed by atoms with Crippen LogP contribution in [-0.2, 0) is 9.59 Å². The molecule has 0 unspecified atom stereocenters. The van der Waals surface area contributed by atoms with Gasteiger partial charge in [0.25, 0.3) is 5.56 Å². The Hall–Kier alpha value is -3.46. The molecule has 3 fully saturated rings. The van der Waals surface area contributed by atoms with E-state index in [-0.39, 0.29) is 28.8 Å². The lowest BCUT2D eigenvalue weighted by Gasteiger charge is -2.47. The van der Waals surface area contributed by atoms with Crippen molar-refractivity contribution in [1.29, 1.82) is 0 Å². The maximum Gasteiger partial charge on any atom is 0.257 e. The van der Waals surface area contributed by atoms with Crippen LogP contribution in [0.1, 0.15) is 63.2 Å². The molecule has 3 aliphatic heterocycles. The Morgan fingerprint density at radius 1 is 1.08 bits per heavy atom. The Labute approximate surface area is 216 Å². The molecule has 3 aliphatic rings. The number of carbonyl (C=O) groups excluding carboxylic acids is 2. The predicted molar refractivity (Wildman–Crippen MR) is 143 cm³/mol. The van der Waals surface area contributed by atoms with Crippen molar-refractivity contribution in [3.05, 3.63) is 52.7 Å². The third-order valence-corrected chi connectivity index (χ3v) is 8.15. The molecule has 3 aromatic rings. The summed E-state index contributed by atoms with van der Waals surface area (Å²) >= 11 is 0. The number of aromatic nitrogens is 3. The van der Waals surface area contributed by atoms with Gasteiger partial charge in [-0.1, -0.05) is 31.0 Å². The average molecular weight is 505 g/mol. The zero-order chi connectivity index (χ0) is 25.8. The number of unbranched alkanes of at least 4 members (excludes halogenated alkanes) is 2. The summed E-state index contributed by atoms with van der Waals surface area (Å²) in [6, 6.07) is 9.26. The molecular formula is C28H36N6O3. The van der Waals surface area contributed by atoms with Gasteiger partial charge in [0.2, 0.25) is 11.8 Å². The molecule has 0 aliphatic carbocycles. The van der Waals surface area contributed by atoms with Gasteiger partial charge in [-0.2, -0.15) is 0 Å². The molecular weight excluding hydrogens is 468 g/mol. The van der Waals surface area contributed by atoms with Crippen molar-refractivity contribution in [1.82, 2.24) is 30.5 Å². The molecule has 1 atom stereocenters. The second-order valence-electron chi connectivity index (χ2n) is 10.5. The SMILES string of the molecule is CNC(=O)CCCCC[C@H](NC(=O)C12CCN(CC1)CC2)c1ncc(-c2cc3ccccc3[nH]c2=O)[nH]1. The largest absolute Gasteiger partial charge is 0.359 e. The number of amides is 2. The number of benzene rings is 1. The minimum atomic E-state index is -0.295. The second-order valence-corrected chi connectivity index (χ2v) is 10.5. The highest BCUT2D eigenvalue weighted by atomic mass is 16.2. The van der Waals surface area contributed by atoms with Crippen LogP contribution in [0.15, 0.2) is 41.3 Å². The first-order valence-corrected chi connectivity index (χ1v) is 13.4. The number of hydrogen-bond donors (Lipinski definition) is 4. The van der Waals surface area contributed by atoms with E-state index in [1.54, 1.807) is 13.2 Å². The van der Waals surface area contributed by atoms with Gasteiger partial charge in [0.15, 0.2) is 0 Å². The Morgan fingerprint density at radius 3 is 2.59 bits per heavy atom. The zero-order valence-electron chi connectivity index (χ0n) is 21.4. The first-order valence-electron chi connectivity index (χ1n) is 13.4. The summed E-state index contributed by atoms with van der Waals surface area (Å²) < 4.78 is 0. The quantitative estimate of drug-likeness (QED) is 0.316. The molecule has 0 saturated carbocycles. The van der Waals surface area contributed by atoms with Crippen molar-refractivity contribution in [2.75, 3.05) is 26.7 Å². The standard InChI is InChI=1S/C28H36N6O3/c1-29-24(35)10-4-2-3-9-22(33-27(37)28-11-14-34(15-12-28)16-13-28)25-30-18-23(31-25)20-17-19-7-5-6-8-21(19)32-26(20)36/h5-8,17-18,22H,2-4,9-16H2,1H3,(H,29,35)(H,30,31)(H,32,36)(H,33,37)/t22-/m0/s1. The zero-order valence-corrected chi connectivity index (χ0v) is 21.4. The van der Waals surface area contributed by atoms with Crippen LogP contribution in [0.25, 0.3) is 22.2 Å². The van der Waals surface area contributed by atoms with E-state index in [9.17, 15) is 14.4 Å². The normalized spacial score (nSPS) is 21.6. The summed E-state index contributed by atoms with van der Waals surface area (Å²) in [4.78, 5) is 51.2. The fourth-order valence-electron chi connectivity index (χ4n) is 5.69. The Kier molecular flexibility index (Phi) is 7.41. The van der Waals surface area contributed by atoms with E-state index < -0.39 is 0 Å². The maximum absolute atomic E-state index is 13.6. The minimum absolute atomic E-state index is 0.0453. The fourth-order valence-corrected chi connectivity index (χ4v) is 5.69. The van der Waals surface area contributed by atoms with Gasteiger partial charge in [0, 0.05) is 19.0 Å². The van der Waals surface area contributed by atoms with Crippen LogP contribution in [-0.4, -0.2) is 58.3 Å². The Balaban J connectivity index is 1.34. The maximum atomic E-state index is 13.6. The second kappa shape index (κ2) is 10.9. The smallest absolute Gasteiger partial charge is 0.257 e. The summed E-state index contributed by atoms with van der Waals surface area (Å²) in [5.74, 6) is 0.819. The van der Waals surface area contributed by atoms with Gasteiger partial charge in [-0.25, -0.2) is 4.98 Å². The first kappa shape index (κ1) is 25.2. The minimum Gasteiger partial charge on any atom is -0.359 e. The van der Waals surface area contributed by atoms with Crippen molar-refractivity contribution in [2.24, 2.45) is 5.41 Å². The van der Waals surface area contributed by atoms with Crippen molar-refractivity contribution in [3.8, 4) is 11.3 Å². The highest BCUT2D eigenvalue weighted by molar-refractivity contribution is 5.84. The molecule has 9 nitrogen and oxygen atoms in total. The van der Waals surface area contributed by atoms with E-state index in [1.807, 2.05) is 30.3 Å². The van der Waals surface area contributed by atoms with Gasteiger partial charge < -0.3 is 25.5 Å². The van der Waals surface area contributed by atoms with Gasteiger partial charge in [0.1, 0.15) is 5.82 Å². The lowest BCUT2D eigenvalue weighted by atomic mass is 9.71. The van der Waals surface area contributed by atoms with Gasteiger partial charge >= 0.3 is 0 Å². The van der Waals surface area contributed by atoms with Crippen molar-refractivity contribution < 1.29 is 9.59 Å². The number of H-pyrrole nitrogens is 2. The Bertz CT molecular complexity index is 1310. The van der Waals surface area contributed by atoms with Crippen LogP contribution in [0, 0.1) is 5.41 Å². The van der Waals surface area contributed by atoms with Gasteiger partial charge in [0.05, 0.1) is 28.9 Å². The monoisotopic (exact) mass is 504 g/mol. The lowest BCUT2D eigenvalue weighted by Crippen LogP contribution is -2.55. The van der Waals surface area contributed by atoms with Crippen LogP contribution in [0.4, 0.5) is 0 Å². The molecule has 2 aromatic heterocycles. The molecule has 37 heavy (non-hydrogen) atoms. The number of pyridine rings is 1. The highest BCUT2D eigenvalue weighted by Gasteiger charge is 2.45. The summed E-state index contributed by atoms with van der Waals surface area (Å²) in [6.07, 6.45) is 8.13. The number of hydrogen-bond acceptors (Lipinski definition) is 5. The van der Waals surface area contributed by atoms with E-state index in [1.165, 1.54) is 0 Å². The number of imidazole rings is 1. The van der Waals surface area contributed by atoms with Crippen LogP contribution in [0.2, 0.25) is 0 Å². The number of nitrogens with zero attached hydrogens (tertiary/aromatic N) is 2. The van der Waals surface area contributed by atoms with Crippen LogP contribution >= 0.6 is 0 Å². The molecule has 0 spiro atoms. The number of para-hydroxylation sites is 1. The van der Waals surface area contributed by atoms with Gasteiger partial charge in [-0.3, -0.25) is 14.4 Å². The van der Waals surface area contributed by atoms with E-state index in [2.05, 4.69) is 30.5 Å². The summed E-state index contributed by atoms with van der Waals surface area (Å²) in [5, 5.41) is 6.92. The molecule has 6 rings (SSSR count). The molecule has 2 amide bonds. The van der Waals surface area contributed by atoms with Crippen LogP contribution in [0.5, 0.6) is 0 Å². The number of aromatic amines is 2. The molecule has 5 heterocycles. The summed E-state index contributed by atoms with van der Waals surface area (Å²) in [7, 11) is 1.65. The first-order chi connectivity index (χ1) is 18.0. The number of rotatable bonds is 10. The van der Waals surface area contributed by atoms with Crippen LogP contribution < -0.4 is 16.2 Å². The van der Waals surface area contributed by atoms with E-state index >= 15 is 0 Å². The van der Waals surface area contributed by atoms with Crippen LogP contribution in [0.3, 0.4) is 0 Å². The Morgan fingerprint density at radius 2 is 1.84 bits per heavy atom. The van der Waals surface area contributed by atoms with Crippen molar-refractivity contribution in [3.63, 3.8) is 0 Å². The average Bonchev–Trinajstić information content (AvgIpc) is 3.42. The number of piperidine rings is 3. The third kappa shape index (κ3) is 5.46. The fraction of sp³-hybridized carbons (Fsp3) is 0.500. The molecule has 196 valence electrons. The van der Waals surface area contributed by atoms with E-state index in [4.69, 9.17) is 0 Å². The van der Waals surface area contributed by atoms with Gasteiger partial charge in [-0.15, -0.1) is 0 Å². The molecule has 2 bridgehead atoms. The van der Waals surface area contributed by atoms with Crippen molar-refractivity contribution >= 4 is 22.7 Å². The van der Waals surface area contributed by atoms with Gasteiger partial charge in [-0.05, 0) is 69.3 Å². The van der Waals surface area contributed by atoms with Crippen molar-refractivity contribution in [2.45, 2.75) is 57.4 Å². The van der Waals surface area contributed by atoms with E-state index in [0.29, 0.717) is 29.9 Å². The highest BCUT2D eigenvalue weighted by Crippen LogP contribution is 2.41. The topological polar surface area (TPSA) is 123 Å². The lowest BCUT2D eigenvalue weighted by molar-refractivity contribution is -0.139. The molecule has 4 N–H and O–H groups in total. The van der Waals surface area contributed by atoms with E-state index in [0.717, 1.165) is 69.1 Å². The third-order valence-electron chi connectivity index (χ3n) is 8.15. The summed E-state index contributed by atoms with van der Waals surface area (Å²) in [5.41, 5.74) is 1.46. The number of fused-ring (bicyclic) bond motifs is 4. The number of carbonyl (C=O) groups is 2. The molecule has 3 saturated heterocycles.